The molecule has 2 aliphatic rings. The van der Waals surface area contributed by atoms with E-state index in [1.165, 1.54) is 18.2 Å². The molecule has 0 spiro atoms. The van der Waals surface area contributed by atoms with Gasteiger partial charge >= 0.3 is 6.36 Å². The Balaban J connectivity index is 1.68. The van der Waals surface area contributed by atoms with E-state index in [1.54, 1.807) is 11.0 Å². The van der Waals surface area contributed by atoms with Crippen LogP contribution in [0.15, 0.2) is 24.3 Å². The van der Waals surface area contributed by atoms with Crippen molar-refractivity contribution in [1.82, 2.24) is 4.90 Å². The van der Waals surface area contributed by atoms with Crippen LogP contribution >= 0.6 is 0 Å². The second-order valence-corrected chi connectivity index (χ2v) is 9.81. The Morgan fingerprint density at radius 1 is 1.14 bits per heavy atom. The first-order chi connectivity index (χ1) is 13.6. The number of halogens is 3. The highest BCUT2D eigenvalue weighted by molar-refractivity contribution is 7.91. The molecule has 1 saturated heterocycles. The smallest absolute Gasteiger partial charge is 0.406 e. The Labute approximate surface area is 168 Å². The number of nitrogens with zero attached hydrogens (tertiary/aromatic N) is 1. The Kier molecular flexibility index (Phi) is 6.60. The van der Waals surface area contributed by atoms with Crippen LogP contribution in [0.5, 0.6) is 5.75 Å². The van der Waals surface area contributed by atoms with E-state index in [0.717, 1.165) is 32.1 Å². The van der Waals surface area contributed by atoms with Crippen LogP contribution in [-0.2, 0) is 14.6 Å². The van der Waals surface area contributed by atoms with E-state index in [9.17, 15) is 26.4 Å². The third-order valence-electron chi connectivity index (χ3n) is 5.37. The maximum absolute atomic E-state index is 13.0. The first kappa shape index (κ1) is 21.7. The molecule has 2 fully saturated rings. The summed E-state index contributed by atoms with van der Waals surface area (Å²) < 4.78 is 64.9. The number of alkyl halides is 3. The minimum Gasteiger partial charge on any atom is -0.406 e. The number of hydrogen-bond acceptors (Lipinski definition) is 5. The maximum atomic E-state index is 13.0. The number of nitrogens with one attached hydrogen (secondary N) is 1. The van der Waals surface area contributed by atoms with Gasteiger partial charge in [0.25, 0.3) is 0 Å². The number of carbonyl (C=O) groups is 1. The number of rotatable bonds is 6. The highest BCUT2D eigenvalue weighted by Crippen LogP contribution is 2.29. The molecule has 1 aromatic carbocycles. The summed E-state index contributed by atoms with van der Waals surface area (Å²) in [6.07, 6.45) is 0.427. The third kappa shape index (κ3) is 6.25. The van der Waals surface area contributed by atoms with Crippen LogP contribution in [0.25, 0.3) is 0 Å². The zero-order chi connectivity index (χ0) is 21.1. The molecule has 1 heterocycles. The first-order valence-electron chi connectivity index (χ1n) is 9.74. The largest absolute Gasteiger partial charge is 0.573 e. The van der Waals surface area contributed by atoms with Crippen molar-refractivity contribution < 1.29 is 31.1 Å². The molecular weight excluding hydrogens is 409 g/mol. The number of anilines is 1. The van der Waals surface area contributed by atoms with Gasteiger partial charge in [-0.2, -0.15) is 0 Å². The molecule has 1 atom stereocenters. The van der Waals surface area contributed by atoms with E-state index in [0.29, 0.717) is 12.1 Å². The van der Waals surface area contributed by atoms with E-state index in [-0.39, 0.29) is 41.8 Å². The monoisotopic (exact) mass is 434 g/mol. The third-order valence-corrected chi connectivity index (χ3v) is 7.12. The molecule has 1 N–H and O–H groups in total. The first-order valence-corrected chi connectivity index (χ1v) is 11.6. The van der Waals surface area contributed by atoms with E-state index in [4.69, 9.17) is 0 Å². The summed E-state index contributed by atoms with van der Waals surface area (Å²) >= 11 is 0. The lowest BCUT2D eigenvalue weighted by Gasteiger charge is -2.38. The van der Waals surface area contributed by atoms with Gasteiger partial charge in [0.1, 0.15) is 5.75 Å². The average Bonchev–Trinajstić information content (AvgIpc) is 2.99. The van der Waals surface area contributed by atoms with Crippen LogP contribution in [-0.4, -0.2) is 55.7 Å². The number of carbonyl (C=O) groups excluding carboxylic acids is 1. The Morgan fingerprint density at radius 3 is 2.48 bits per heavy atom. The Hall–Kier alpha value is -1.97. The zero-order valence-corrected chi connectivity index (χ0v) is 16.8. The van der Waals surface area contributed by atoms with Crippen LogP contribution in [0, 0.1) is 0 Å². The van der Waals surface area contributed by atoms with Crippen LogP contribution < -0.4 is 10.1 Å². The van der Waals surface area contributed by atoms with Crippen LogP contribution in [0.2, 0.25) is 0 Å². The molecule has 1 unspecified atom stereocenters. The molecule has 0 aromatic heterocycles. The lowest BCUT2D eigenvalue weighted by atomic mass is 9.93. The number of hydrogen-bond donors (Lipinski definition) is 1. The molecule has 1 saturated carbocycles. The summed E-state index contributed by atoms with van der Waals surface area (Å²) in [5.74, 6) is -0.551. The summed E-state index contributed by atoms with van der Waals surface area (Å²) in [7, 11) is -3.14. The number of benzene rings is 1. The normalized spacial score (nSPS) is 22.2. The predicted octanol–water partition coefficient (Wildman–Crippen LogP) is 3.35. The Morgan fingerprint density at radius 2 is 1.86 bits per heavy atom. The van der Waals surface area contributed by atoms with Gasteiger partial charge in [-0.25, -0.2) is 8.42 Å². The van der Waals surface area contributed by atoms with Gasteiger partial charge in [-0.15, -0.1) is 13.2 Å². The lowest BCUT2D eigenvalue weighted by molar-refractivity contribution is -0.274. The van der Waals surface area contributed by atoms with Gasteiger partial charge in [0.05, 0.1) is 18.1 Å². The van der Waals surface area contributed by atoms with Crippen LogP contribution in [0.3, 0.4) is 0 Å². The van der Waals surface area contributed by atoms with Crippen molar-refractivity contribution in [2.45, 2.75) is 57.0 Å². The highest BCUT2D eigenvalue weighted by atomic mass is 32.2. The molecule has 6 nitrogen and oxygen atoms in total. The Bertz CT molecular complexity index is 823. The van der Waals surface area contributed by atoms with Crippen molar-refractivity contribution in [2.75, 3.05) is 23.4 Å². The minimum absolute atomic E-state index is 0.0104. The molecule has 162 valence electrons. The van der Waals surface area contributed by atoms with E-state index in [1.807, 2.05) is 0 Å². The summed E-state index contributed by atoms with van der Waals surface area (Å²) in [5, 5.41) is 2.85. The highest BCUT2D eigenvalue weighted by Gasteiger charge is 2.38. The van der Waals surface area contributed by atoms with E-state index in [2.05, 4.69) is 10.1 Å². The van der Waals surface area contributed by atoms with Crippen LogP contribution in [0.1, 0.15) is 38.5 Å². The van der Waals surface area contributed by atoms with Crippen molar-refractivity contribution in [1.29, 1.82) is 0 Å². The summed E-state index contributed by atoms with van der Waals surface area (Å²) in [6.45, 7) is -0.123. The fraction of sp³-hybridized carbons (Fsp3) is 0.632. The molecule has 10 heteroatoms. The topological polar surface area (TPSA) is 75.7 Å². The SMILES string of the molecule is O=C(CNc1cccc(OC(F)(F)F)c1)N(C1CCCCC1)C1CCS(=O)(=O)C1. The lowest BCUT2D eigenvalue weighted by Crippen LogP contribution is -2.50. The summed E-state index contributed by atoms with van der Waals surface area (Å²) in [4.78, 5) is 14.7. The summed E-state index contributed by atoms with van der Waals surface area (Å²) in [6, 6.07) is 4.97. The molecule has 3 rings (SSSR count). The van der Waals surface area contributed by atoms with Gasteiger partial charge in [0.2, 0.25) is 5.91 Å². The molecule has 0 radical (unpaired) electrons. The van der Waals surface area contributed by atoms with Gasteiger partial charge in [-0.3, -0.25) is 4.79 Å². The quantitative estimate of drug-likeness (QED) is 0.743. The fourth-order valence-electron chi connectivity index (χ4n) is 4.13. The van der Waals surface area contributed by atoms with Crippen molar-refractivity contribution >= 4 is 21.4 Å². The molecule has 29 heavy (non-hydrogen) atoms. The second-order valence-electron chi connectivity index (χ2n) is 7.58. The molecule has 1 amide bonds. The fourth-order valence-corrected chi connectivity index (χ4v) is 5.84. The van der Waals surface area contributed by atoms with Gasteiger partial charge in [-0.1, -0.05) is 25.3 Å². The molecule has 1 aromatic rings. The second kappa shape index (κ2) is 8.81. The van der Waals surface area contributed by atoms with Gasteiger partial charge in [-0.05, 0) is 31.4 Å². The van der Waals surface area contributed by atoms with Crippen molar-refractivity contribution in [3.05, 3.63) is 24.3 Å². The van der Waals surface area contributed by atoms with Gasteiger partial charge in [0, 0.05) is 23.8 Å². The van der Waals surface area contributed by atoms with Crippen LogP contribution in [0.4, 0.5) is 18.9 Å². The van der Waals surface area contributed by atoms with Gasteiger partial charge in [0.15, 0.2) is 9.84 Å². The van der Waals surface area contributed by atoms with E-state index < -0.39 is 16.2 Å². The molecule has 1 aliphatic heterocycles. The van der Waals surface area contributed by atoms with Gasteiger partial charge < -0.3 is 15.0 Å². The maximum Gasteiger partial charge on any atom is 0.573 e. The van der Waals surface area contributed by atoms with Crippen molar-refractivity contribution in [3.8, 4) is 5.75 Å². The van der Waals surface area contributed by atoms with Crippen molar-refractivity contribution in [2.24, 2.45) is 0 Å². The average molecular weight is 434 g/mol. The van der Waals surface area contributed by atoms with Crippen molar-refractivity contribution in [3.63, 3.8) is 0 Å². The minimum atomic E-state index is -4.79. The predicted molar refractivity (Wildman–Crippen MR) is 102 cm³/mol. The number of sulfone groups is 1. The molecule has 1 aliphatic carbocycles. The molecular formula is C19H25F3N2O4S. The zero-order valence-electron chi connectivity index (χ0n) is 16.0. The van der Waals surface area contributed by atoms with E-state index >= 15 is 0 Å². The standard InChI is InChI=1S/C19H25F3N2O4S/c20-19(21,22)28-17-8-4-5-14(11-17)23-12-18(25)24(15-6-2-1-3-7-15)16-9-10-29(26,27)13-16/h4-5,8,11,15-16,23H,1-3,6-7,9-10,12-13H2. The summed E-state index contributed by atoms with van der Waals surface area (Å²) in [5.41, 5.74) is 0.322. The molecule has 0 bridgehead atoms. The number of ether oxygens (including phenoxy) is 1. The number of amides is 1.